The number of fused-ring (bicyclic) bond motifs is 3. The molecule has 0 atom stereocenters. The Hall–Kier alpha value is -1.67. The molecule has 0 unspecified atom stereocenters. The van der Waals surface area contributed by atoms with E-state index in [1.807, 2.05) is 18.2 Å². The van der Waals surface area contributed by atoms with Crippen LogP contribution in [0.3, 0.4) is 0 Å². The van der Waals surface area contributed by atoms with Crippen LogP contribution in [0.1, 0.15) is 0 Å². The van der Waals surface area contributed by atoms with Crippen LogP contribution in [0.5, 0.6) is 5.75 Å². The van der Waals surface area contributed by atoms with Crippen LogP contribution < -0.4 is 0 Å². The van der Waals surface area contributed by atoms with Crippen LogP contribution >= 0.6 is 11.6 Å². The topological polar surface area (TPSA) is 33.4 Å². The van der Waals surface area contributed by atoms with Gasteiger partial charge in [0, 0.05) is 21.9 Å². The number of phenolic OH excluding ortho intramolecular Hbond substituents is 1. The largest absolute Gasteiger partial charge is 0.504 e. The van der Waals surface area contributed by atoms with Crippen molar-refractivity contribution in [3.8, 4) is 5.75 Å². The fourth-order valence-electron chi connectivity index (χ4n) is 1.76. The second-order valence-electron chi connectivity index (χ2n) is 3.40. The predicted octanol–water partition coefficient (Wildman–Crippen LogP) is 3.95. The van der Waals surface area contributed by atoms with Gasteiger partial charge in [-0.3, -0.25) is 0 Å². The Balaban J connectivity index is 2.57. The van der Waals surface area contributed by atoms with Gasteiger partial charge < -0.3 is 9.52 Å². The van der Waals surface area contributed by atoms with E-state index in [2.05, 4.69) is 0 Å². The highest BCUT2D eigenvalue weighted by Gasteiger charge is 2.09. The standard InChI is InChI=1S/C12H7ClO2/c13-7-4-5-8-9-2-1-3-10(14)12(9)15-11(8)6-7/h1-6,14H. The molecule has 74 valence electrons. The molecule has 0 saturated heterocycles. The minimum atomic E-state index is 0.153. The molecule has 0 bridgehead atoms. The lowest BCUT2D eigenvalue weighted by atomic mass is 10.1. The third kappa shape index (κ3) is 1.18. The summed E-state index contributed by atoms with van der Waals surface area (Å²) in [6.45, 7) is 0. The number of rotatable bonds is 0. The summed E-state index contributed by atoms with van der Waals surface area (Å²) in [6, 6.07) is 10.8. The third-order valence-electron chi connectivity index (χ3n) is 2.44. The Bertz CT molecular complexity index is 655. The molecular formula is C12H7ClO2. The summed E-state index contributed by atoms with van der Waals surface area (Å²) in [5.74, 6) is 0.153. The number of hydrogen-bond donors (Lipinski definition) is 1. The Morgan fingerprint density at radius 3 is 2.80 bits per heavy atom. The molecule has 0 aliphatic heterocycles. The Morgan fingerprint density at radius 1 is 1.07 bits per heavy atom. The fourth-order valence-corrected chi connectivity index (χ4v) is 1.92. The van der Waals surface area contributed by atoms with Crippen molar-refractivity contribution in [2.75, 3.05) is 0 Å². The number of aromatic hydroxyl groups is 1. The van der Waals surface area contributed by atoms with Crippen molar-refractivity contribution in [1.29, 1.82) is 0 Å². The molecule has 0 aliphatic carbocycles. The normalized spacial score (nSPS) is 11.3. The van der Waals surface area contributed by atoms with E-state index in [1.165, 1.54) is 0 Å². The molecule has 3 rings (SSSR count). The van der Waals surface area contributed by atoms with Crippen molar-refractivity contribution in [2.24, 2.45) is 0 Å². The van der Waals surface area contributed by atoms with Crippen LogP contribution in [0.4, 0.5) is 0 Å². The molecule has 2 aromatic carbocycles. The average molecular weight is 219 g/mol. The molecule has 0 spiro atoms. The van der Waals surface area contributed by atoms with Gasteiger partial charge in [-0.05, 0) is 18.2 Å². The second kappa shape index (κ2) is 2.91. The molecule has 1 N–H and O–H groups in total. The van der Waals surface area contributed by atoms with Gasteiger partial charge in [0.25, 0.3) is 0 Å². The molecule has 0 aliphatic rings. The average Bonchev–Trinajstić information content (AvgIpc) is 2.57. The summed E-state index contributed by atoms with van der Waals surface area (Å²) in [5, 5.41) is 12.1. The Labute approximate surface area is 90.7 Å². The molecule has 0 amide bonds. The molecule has 15 heavy (non-hydrogen) atoms. The van der Waals surface area contributed by atoms with Crippen LogP contribution in [0.2, 0.25) is 5.02 Å². The van der Waals surface area contributed by atoms with Crippen molar-refractivity contribution >= 4 is 33.5 Å². The van der Waals surface area contributed by atoms with Gasteiger partial charge in [0.05, 0.1) is 0 Å². The first-order valence-electron chi connectivity index (χ1n) is 4.55. The maximum Gasteiger partial charge on any atom is 0.177 e. The summed E-state index contributed by atoms with van der Waals surface area (Å²) in [4.78, 5) is 0. The molecule has 0 radical (unpaired) electrons. The van der Waals surface area contributed by atoms with Gasteiger partial charge in [-0.2, -0.15) is 0 Å². The smallest absolute Gasteiger partial charge is 0.177 e. The van der Waals surface area contributed by atoms with E-state index in [0.717, 1.165) is 10.8 Å². The third-order valence-corrected chi connectivity index (χ3v) is 2.68. The van der Waals surface area contributed by atoms with Gasteiger partial charge in [0.15, 0.2) is 11.3 Å². The number of hydrogen-bond acceptors (Lipinski definition) is 2. The molecule has 3 aromatic rings. The summed E-state index contributed by atoms with van der Waals surface area (Å²) < 4.78 is 5.53. The van der Waals surface area contributed by atoms with E-state index in [9.17, 15) is 5.11 Å². The lowest BCUT2D eigenvalue weighted by Crippen LogP contribution is -1.67. The van der Waals surface area contributed by atoms with E-state index in [4.69, 9.17) is 16.0 Å². The fraction of sp³-hybridized carbons (Fsp3) is 0. The van der Waals surface area contributed by atoms with Crippen molar-refractivity contribution in [3.63, 3.8) is 0 Å². The van der Waals surface area contributed by atoms with Crippen LogP contribution in [0, 0.1) is 0 Å². The molecule has 0 saturated carbocycles. The molecule has 1 heterocycles. The zero-order valence-electron chi connectivity index (χ0n) is 7.70. The zero-order chi connectivity index (χ0) is 10.4. The first-order chi connectivity index (χ1) is 7.25. The summed E-state index contributed by atoms with van der Waals surface area (Å²) in [6.07, 6.45) is 0. The van der Waals surface area contributed by atoms with Crippen LogP contribution in [-0.4, -0.2) is 5.11 Å². The minimum absolute atomic E-state index is 0.153. The van der Waals surface area contributed by atoms with Gasteiger partial charge >= 0.3 is 0 Å². The number of furan rings is 1. The maximum atomic E-state index is 9.61. The predicted molar refractivity (Wildman–Crippen MR) is 60.4 cm³/mol. The first kappa shape index (κ1) is 8.62. The lowest BCUT2D eigenvalue weighted by Gasteiger charge is -1.90. The van der Waals surface area contributed by atoms with Gasteiger partial charge in [-0.25, -0.2) is 0 Å². The van der Waals surface area contributed by atoms with Crippen LogP contribution in [0.15, 0.2) is 40.8 Å². The van der Waals surface area contributed by atoms with E-state index in [1.54, 1.807) is 18.2 Å². The second-order valence-corrected chi connectivity index (χ2v) is 3.83. The highest BCUT2D eigenvalue weighted by atomic mass is 35.5. The van der Waals surface area contributed by atoms with E-state index in [0.29, 0.717) is 16.2 Å². The van der Waals surface area contributed by atoms with E-state index in [-0.39, 0.29) is 5.75 Å². The van der Waals surface area contributed by atoms with Crippen molar-refractivity contribution in [3.05, 3.63) is 41.4 Å². The minimum Gasteiger partial charge on any atom is -0.504 e. The Morgan fingerprint density at radius 2 is 1.93 bits per heavy atom. The van der Waals surface area contributed by atoms with Gasteiger partial charge in [0.1, 0.15) is 5.58 Å². The maximum absolute atomic E-state index is 9.61. The van der Waals surface area contributed by atoms with Crippen molar-refractivity contribution < 1.29 is 9.52 Å². The van der Waals surface area contributed by atoms with Gasteiger partial charge in [-0.1, -0.05) is 23.7 Å². The SMILES string of the molecule is Oc1cccc2c1oc1cc(Cl)ccc12. The molecule has 3 heteroatoms. The number of halogens is 1. The van der Waals surface area contributed by atoms with Crippen LogP contribution in [-0.2, 0) is 0 Å². The number of phenols is 1. The van der Waals surface area contributed by atoms with Gasteiger partial charge in [0.2, 0.25) is 0 Å². The first-order valence-corrected chi connectivity index (χ1v) is 4.93. The molecule has 1 aromatic heterocycles. The van der Waals surface area contributed by atoms with E-state index < -0.39 is 0 Å². The Kier molecular flexibility index (Phi) is 1.67. The summed E-state index contributed by atoms with van der Waals surface area (Å²) in [7, 11) is 0. The monoisotopic (exact) mass is 218 g/mol. The lowest BCUT2D eigenvalue weighted by molar-refractivity contribution is 0.469. The van der Waals surface area contributed by atoms with E-state index >= 15 is 0 Å². The van der Waals surface area contributed by atoms with Crippen molar-refractivity contribution in [2.45, 2.75) is 0 Å². The highest BCUT2D eigenvalue weighted by Crippen LogP contribution is 2.34. The van der Waals surface area contributed by atoms with Gasteiger partial charge in [-0.15, -0.1) is 0 Å². The summed E-state index contributed by atoms with van der Waals surface area (Å²) >= 11 is 5.86. The zero-order valence-corrected chi connectivity index (χ0v) is 8.45. The molecular weight excluding hydrogens is 212 g/mol. The molecule has 2 nitrogen and oxygen atoms in total. The summed E-state index contributed by atoms with van der Waals surface area (Å²) in [5.41, 5.74) is 1.20. The molecule has 0 fully saturated rings. The quantitative estimate of drug-likeness (QED) is 0.620. The number of benzene rings is 2. The highest BCUT2D eigenvalue weighted by molar-refractivity contribution is 6.31. The number of para-hydroxylation sites is 1. The van der Waals surface area contributed by atoms with Crippen molar-refractivity contribution in [1.82, 2.24) is 0 Å². The van der Waals surface area contributed by atoms with Crippen LogP contribution in [0.25, 0.3) is 21.9 Å².